The summed E-state index contributed by atoms with van der Waals surface area (Å²) in [6, 6.07) is 0. The lowest BCUT2D eigenvalue weighted by Crippen LogP contribution is -2.49. The van der Waals surface area contributed by atoms with E-state index >= 15 is 0 Å². The average molecular weight is 347 g/mol. The summed E-state index contributed by atoms with van der Waals surface area (Å²) >= 11 is 0. The van der Waals surface area contributed by atoms with E-state index in [-0.39, 0.29) is 11.7 Å². The minimum atomic E-state index is -0.534. The molecule has 0 rings (SSSR count). The van der Waals surface area contributed by atoms with Gasteiger partial charge in [0.2, 0.25) is 0 Å². The Morgan fingerprint density at radius 1 is 1.12 bits per heavy atom. The predicted octanol–water partition coefficient (Wildman–Crippen LogP) is 4.29. The quantitative estimate of drug-likeness (QED) is 0.448. The third kappa shape index (κ3) is 10.5. The van der Waals surface area contributed by atoms with Gasteiger partial charge in [0, 0.05) is 12.0 Å². The van der Waals surface area contributed by atoms with Crippen LogP contribution in [0.4, 0.5) is 0 Å². The number of allylic oxidation sites excluding steroid dienone is 5. The molecule has 4 heteroatoms. The summed E-state index contributed by atoms with van der Waals surface area (Å²) in [6.45, 7) is 15.3. The third-order valence-corrected chi connectivity index (χ3v) is 3.55. The van der Waals surface area contributed by atoms with Gasteiger partial charge in [-0.3, -0.25) is 9.59 Å². The molecule has 0 radical (unpaired) electrons. The summed E-state index contributed by atoms with van der Waals surface area (Å²) < 4.78 is 5.96. The maximum atomic E-state index is 12.5. The second kappa shape index (κ2) is 10.8. The number of nitrogens with one attached hydrogen (secondary N) is 1. The van der Waals surface area contributed by atoms with Crippen LogP contribution in [-0.2, 0) is 14.3 Å². The minimum absolute atomic E-state index is 0.00866. The summed E-state index contributed by atoms with van der Waals surface area (Å²) in [5.74, 6) is -0.140. The summed E-state index contributed by atoms with van der Waals surface area (Å²) in [5, 5.41) is 3.00. The Balaban J connectivity index is 4.78. The molecule has 25 heavy (non-hydrogen) atoms. The van der Waals surface area contributed by atoms with Crippen molar-refractivity contribution >= 4 is 11.7 Å². The first-order valence-electron chi connectivity index (χ1n) is 8.64. The van der Waals surface area contributed by atoms with Crippen LogP contribution in [0.25, 0.3) is 0 Å². The van der Waals surface area contributed by atoms with E-state index in [0.29, 0.717) is 25.0 Å². The lowest BCUT2D eigenvalue weighted by Gasteiger charge is -2.32. The van der Waals surface area contributed by atoms with Crippen molar-refractivity contribution in [2.75, 3.05) is 6.61 Å². The first kappa shape index (κ1) is 23.1. The lowest BCUT2D eigenvalue weighted by molar-refractivity contribution is -0.121. The van der Waals surface area contributed by atoms with Gasteiger partial charge in [-0.05, 0) is 60.1 Å². The second-order valence-electron chi connectivity index (χ2n) is 7.20. The Morgan fingerprint density at radius 2 is 1.76 bits per heavy atom. The molecule has 140 valence electrons. The maximum absolute atomic E-state index is 12.5. The van der Waals surface area contributed by atoms with Crippen LogP contribution in [0, 0.1) is 0 Å². The fourth-order valence-electron chi connectivity index (χ4n) is 1.98. The number of ketones is 1. The van der Waals surface area contributed by atoms with Crippen LogP contribution in [0.3, 0.4) is 0 Å². The highest BCUT2D eigenvalue weighted by Gasteiger charge is 2.27. The molecule has 0 atom stereocenters. The molecule has 0 heterocycles. The van der Waals surface area contributed by atoms with E-state index in [4.69, 9.17) is 4.74 Å². The summed E-state index contributed by atoms with van der Waals surface area (Å²) in [7, 11) is 0. The fourth-order valence-corrected chi connectivity index (χ4v) is 1.98. The molecule has 0 saturated carbocycles. The van der Waals surface area contributed by atoms with Gasteiger partial charge in [-0.1, -0.05) is 30.9 Å². The zero-order valence-corrected chi connectivity index (χ0v) is 16.5. The first-order valence-corrected chi connectivity index (χ1v) is 8.64. The van der Waals surface area contributed by atoms with Gasteiger partial charge >= 0.3 is 0 Å². The van der Waals surface area contributed by atoms with Crippen molar-refractivity contribution in [2.45, 2.75) is 65.5 Å². The van der Waals surface area contributed by atoms with E-state index in [0.717, 1.165) is 0 Å². The van der Waals surface area contributed by atoms with Gasteiger partial charge in [-0.15, -0.1) is 0 Å². The van der Waals surface area contributed by atoms with Gasteiger partial charge in [0.1, 0.15) is 0 Å². The maximum Gasteiger partial charge on any atom is 0.251 e. The molecule has 0 aliphatic carbocycles. The van der Waals surface area contributed by atoms with Crippen molar-refractivity contribution in [1.29, 1.82) is 0 Å². The number of hydrogen-bond donors (Lipinski definition) is 1. The zero-order chi connectivity index (χ0) is 19.5. The molecule has 1 N–H and O–H groups in total. The highest BCUT2D eigenvalue weighted by atomic mass is 16.5. The predicted molar refractivity (Wildman–Crippen MR) is 104 cm³/mol. The molecule has 0 aromatic carbocycles. The smallest absolute Gasteiger partial charge is 0.251 e. The van der Waals surface area contributed by atoms with E-state index in [1.54, 1.807) is 12.2 Å². The largest absolute Gasteiger partial charge is 0.373 e. The molecule has 0 aliphatic rings. The van der Waals surface area contributed by atoms with Crippen LogP contribution in [0.2, 0.25) is 0 Å². The van der Waals surface area contributed by atoms with Crippen molar-refractivity contribution < 1.29 is 14.3 Å². The molecule has 0 unspecified atom stereocenters. The molecule has 0 aromatic rings. The molecule has 0 fully saturated rings. The summed E-state index contributed by atoms with van der Waals surface area (Å²) in [4.78, 5) is 23.8. The highest BCUT2D eigenvalue weighted by molar-refractivity contribution is 5.96. The molecular formula is C21H33NO3. The van der Waals surface area contributed by atoms with Gasteiger partial charge < -0.3 is 10.1 Å². The Kier molecular flexibility index (Phi) is 9.99. The van der Waals surface area contributed by atoms with Gasteiger partial charge in [0.05, 0.1) is 17.7 Å². The fraction of sp³-hybridized carbons (Fsp3) is 0.524. The first-order chi connectivity index (χ1) is 11.6. The van der Waals surface area contributed by atoms with Crippen molar-refractivity contribution in [2.24, 2.45) is 0 Å². The van der Waals surface area contributed by atoms with Gasteiger partial charge in [-0.2, -0.15) is 0 Å². The average Bonchev–Trinajstić information content (AvgIpc) is 2.54. The normalized spacial score (nSPS) is 13.4. The molecule has 1 amide bonds. The minimum Gasteiger partial charge on any atom is -0.373 e. The Bertz CT molecular complexity index is 551. The van der Waals surface area contributed by atoms with Crippen LogP contribution >= 0.6 is 0 Å². The number of rotatable bonds is 11. The van der Waals surface area contributed by atoms with Crippen LogP contribution in [0.1, 0.15) is 54.4 Å². The Morgan fingerprint density at radius 3 is 2.28 bits per heavy atom. The van der Waals surface area contributed by atoms with Gasteiger partial charge in [0.25, 0.3) is 5.91 Å². The molecule has 0 spiro atoms. The van der Waals surface area contributed by atoms with Gasteiger partial charge in [0.15, 0.2) is 5.78 Å². The van der Waals surface area contributed by atoms with Crippen LogP contribution < -0.4 is 5.32 Å². The number of hydrogen-bond acceptors (Lipinski definition) is 3. The SMILES string of the molecule is C=CC(=O)CCC(C)(C)OCC(C)(C)NC(=O)C(/C=C\C)=C/C=C\C. The standard InChI is InChI=1S/C21H33NO3/c1-8-11-13-17(12-9-2)19(24)22-20(4,5)16-25-21(6,7)15-14-18(23)10-3/h8-13H,3,14-16H2,1-2,4-7H3,(H,22,24)/b11-8-,12-9-,17-13+. The van der Waals surface area contributed by atoms with Crippen molar-refractivity contribution in [1.82, 2.24) is 5.32 Å². The topological polar surface area (TPSA) is 55.4 Å². The van der Waals surface area contributed by atoms with Crippen molar-refractivity contribution in [3.05, 3.63) is 48.6 Å². The Hall–Kier alpha value is -1.94. The Labute approximate surface area is 152 Å². The third-order valence-electron chi connectivity index (χ3n) is 3.55. The number of amides is 1. The van der Waals surface area contributed by atoms with E-state index in [1.807, 2.05) is 59.8 Å². The van der Waals surface area contributed by atoms with E-state index in [9.17, 15) is 9.59 Å². The molecular weight excluding hydrogens is 314 g/mol. The van der Waals surface area contributed by atoms with Gasteiger partial charge in [-0.25, -0.2) is 0 Å². The van der Waals surface area contributed by atoms with Crippen LogP contribution in [0.5, 0.6) is 0 Å². The number of ether oxygens (including phenoxy) is 1. The molecule has 0 bridgehead atoms. The van der Waals surface area contributed by atoms with Crippen LogP contribution in [-0.4, -0.2) is 29.4 Å². The summed E-state index contributed by atoms with van der Waals surface area (Å²) in [6.07, 6.45) is 11.4. The monoisotopic (exact) mass is 347 g/mol. The zero-order valence-electron chi connectivity index (χ0n) is 16.5. The van der Waals surface area contributed by atoms with Crippen molar-refractivity contribution in [3.63, 3.8) is 0 Å². The highest BCUT2D eigenvalue weighted by Crippen LogP contribution is 2.19. The molecule has 0 saturated heterocycles. The molecule has 0 aliphatic heterocycles. The number of carbonyl (C=O) groups excluding carboxylic acids is 2. The van der Waals surface area contributed by atoms with Crippen molar-refractivity contribution in [3.8, 4) is 0 Å². The van der Waals surface area contributed by atoms with E-state index < -0.39 is 11.1 Å². The molecule has 4 nitrogen and oxygen atoms in total. The lowest BCUT2D eigenvalue weighted by atomic mass is 9.99. The summed E-state index contributed by atoms with van der Waals surface area (Å²) in [5.41, 5.74) is -0.398. The molecule has 0 aromatic heterocycles. The number of carbonyl (C=O) groups is 2. The van der Waals surface area contributed by atoms with E-state index in [1.165, 1.54) is 6.08 Å². The van der Waals surface area contributed by atoms with Crippen LogP contribution in [0.15, 0.2) is 48.6 Å². The second-order valence-corrected chi connectivity index (χ2v) is 7.20. The van der Waals surface area contributed by atoms with E-state index in [2.05, 4.69) is 11.9 Å².